The molecular weight excluding hydrogens is 260 g/mol. The summed E-state index contributed by atoms with van der Waals surface area (Å²) in [5.74, 6) is 0.891. The van der Waals surface area contributed by atoms with Crippen molar-refractivity contribution in [2.45, 2.75) is 33.4 Å². The number of hydrogen-bond donors (Lipinski definition) is 0. The average Bonchev–Trinajstić information content (AvgIpc) is 2.69. The minimum atomic E-state index is 0.285. The number of aryl methyl sites for hydroxylation is 2. The average molecular weight is 279 g/mol. The van der Waals surface area contributed by atoms with Gasteiger partial charge in [-0.1, -0.05) is 28.9 Å². The van der Waals surface area contributed by atoms with E-state index >= 15 is 0 Å². The van der Waals surface area contributed by atoms with Crippen molar-refractivity contribution in [1.29, 1.82) is 0 Å². The van der Waals surface area contributed by atoms with Gasteiger partial charge in [0.2, 0.25) is 0 Å². The van der Waals surface area contributed by atoms with Crippen LogP contribution in [0.15, 0.2) is 28.8 Å². The van der Waals surface area contributed by atoms with Gasteiger partial charge in [0.05, 0.1) is 5.69 Å². The van der Waals surface area contributed by atoms with Gasteiger partial charge in [-0.05, 0) is 45.5 Å². The van der Waals surface area contributed by atoms with Crippen LogP contribution in [0, 0.1) is 13.8 Å². The van der Waals surface area contributed by atoms with E-state index in [1.807, 2.05) is 32.0 Å². The molecule has 2 rings (SSSR count). The SMILES string of the molecule is Cc1noc(C)c1CN(C)C(C)c1cccc(Cl)c1. The van der Waals surface area contributed by atoms with Crippen molar-refractivity contribution in [2.24, 2.45) is 0 Å². The Labute approximate surface area is 119 Å². The summed E-state index contributed by atoms with van der Waals surface area (Å²) < 4.78 is 5.20. The molecule has 0 fully saturated rings. The number of benzene rings is 1. The molecule has 0 bridgehead atoms. The molecule has 0 radical (unpaired) electrons. The molecule has 0 saturated carbocycles. The third-order valence-electron chi connectivity index (χ3n) is 3.58. The molecule has 0 saturated heterocycles. The van der Waals surface area contributed by atoms with Crippen molar-refractivity contribution in [3.05, 3.63) is 51.9 Å². The lowest BCUT2D eigenvalue weighted by Crippen LogP contribution is -2.22. The molecule has 102 valence electrons. The van der Waals surface area contributed by atoms with E-state index in [-0.39, 0.29) is 6.04 Å². The highest BCUT2D eigenvalue weighted by Gasteiger charge is 2.16. The lowest BCUT2D eigenvalue weighted by Gasteiger charge is -2.25. The summed E-state index contributed by atoms with van der Waals surface area (Å²) in [5, 5.41) is 4.77. The van der Waals surface area contributed by atoms with Gasteiger partial charge in [-0.2, -0.15) is 0 Å². The maximum Gasteiger partial charge on any atom is 0.138 e. The van der Waals surface area contributed by atoms with E-state index < -0.39 is 0 Å². The quantitative estimate of drug-likeness (QED) is 0.842. The molecule has 2 aromatic rings. The van der Waals surface area contributed by atoms with Gasteiger partial charge < -0.3 is 4.52 Å². The van der Waals surface area contributed by atoms with Crippen LogP contribution in [-0.4, -0.2) is 17.1 Å². The molecule has 4 heteroatoms. The first kappa shape index (κ1) is 14.1. The number of aromatic nitrogens is 1. The summed E-state index contributed by atoms with van der Waals surface area (Å²) >= 11 is 6.04. The molecule has 1 aromatic heterocycles. The topological polar surface area (TPSA) is 29.3 Å². The second kappa shape index (κ2) is 5.76. The van der Waals surface area contributed by atoms with Gasteiger partial charge in [0.1, 0.15) is 5.76 Å². The molecule has 3 nitrogen and oxygen atoms in total. The lowest BCUT2D eigenvalue weighted by molar-refractivity contribution is 0.251. The molecule has 0 aliphatic carbocycles. The summed E-state index contributed by atoms with van der Waals surface area (Å²) in [5.41, 5.74) is 3.33. The second-order valence-electron chi connectivity index (χ2n) is 4.95. The van der Waals surface area contributed by atoms with Crippen LogP contribution in [0.5, 0.6) is 0 Å². The van der Waals surface area contributed by atoms with E-state index in [4.69, 9.17) is 16.1 Å². The molecule has 0 N–H and O–H groups in total. The Morgan fingerprint density at radius 3 is 2.68 bits per heavy atom. The highest BCUT2D eigenvalue weighted by atomic mass is 35.5. The predicted octanol–water partition coefficient (Wildman–Crippen LogP) is 4.14. The molecule has 1 heterocycles. The van der Waals surface area contributed by atoms with Crippen LogP contribution in [0.1, 0.15) is 35.5 Å². The van der Waals surface area contributed by atoms with E-state index in [0.717, 1.165) is 28.6 Å². The van der Waals surface area contributed by atoms with Gasteiger partial charge in [-0.15, -0.1) is 0 Å². The number of hydrogen-bond acceptors (Lipinski definition) is 3. The third-order valence-corrected chi connectivity index (χ3v) is 3.82. The van der Waals surface area contributed by atoms with E-state index in [0.29, 0.717) is 0 Å². The fourth-order valence-corrected chi connectivity index (χ4v) is 2.33. The summed E-state index contributed by atoms with van der Waals surface area (Å²) in [7, 11) is 2.09. The van der Waals surface area contributed by atoms with Crippen LogP contribution in [0.2, 0.25) is 5.02 Å². The Kier molecular flexibility index (Phi) is 4.27. The maximum atomic E-state index is 6.04. The molecule has 19 heavy (non-hydrogen) atoms. The lowest BCUT2D eigenvalue weighted by atomic mass is 10.1. The number of halogens is 1. The summed E-state index contributed by atoms with van der Waals surface area (Å²) in [4.78, 5) is 2.26. The fourth-order valence-electron chi connectivity index (χ4n) is 2.13. The van der Waals surface area contributed by atoms with Crippen LogP contribution in [0.4, 0.5) is 0 Å². The van der Waals surface area contributed by atoms with Gasteiger partial charge in [0.25, 0.3) is 0 Å². The Morgan fingerprint density at radius 1 is 1.37 bits per heavy atom. The van der Waals surface area contributed by atoms with Crippen LogP contribution in [0.3, 0.4) is 0 Å². The zero-order valence-corrected chi connectivity index (χ0v) is 12.5. The standard InChI is InChI=1S/C15H19ClN2O/c1-10-15(12(3)19-17-10)9-18(4)11(2)13-6-5-7-14(16)8-13/h5-8,11H,9H2,1-4H3. The van der Waals surface area contributed by atoms with Crippen molar-refractivity contribution in [3.8, 4) is 0 Å². The molecule has 1 aromatic carbocycles. The Hall–Kier alpha value is -1.32. The van der Waals surface area contributed by atoms with Gasteiger partial charge in [-0.3, -0.25) is 4.90 Å². The van der Waals surface area contributed by atoms with E-state index in [1.165, 1.54) is 5.56 Å². The third kappa shape index (κ3) is 3.17. The first-order chi connectivity index (χ1) is 8.99. The van der Waals surface area contributed by atoms with Gasteiger partial charge in [0, 0.05) is 23.2 Å². The second-order valence-corrected chi connectivity index (χ2v) is 5.39. The predicted molar refractivity (Wildman–Crippen MR) is 77.3 cm³/mol. The first-order valence-corrected chi connectivity index (χ1v) is 6.74. The maximum absolute atomic E-state index is 6.04. The van der Waals surface area contributed by atoms with Crippen molar-refractivity contribution >= 4 is 11.6 Å². The highest BCUT2D eigenvalue weighted by molar-refractivity contribution is 6.30. The van der Waals surface area contributed by atoms with Crippen LogP contribution >= 0.6 is 11.6 Å². The molecule has 0 spiro atoms. The zero-order chi connectivity index (χ0) is 14.0. The summed E-state index contributed by atoms with van der Waals surface area (Å²) in [6.07, 6.45) is 0. The summed E-state index contributed by atoms with van der Waals surface area (Å²) in [6, 6.07) is 8.27. The molecular formula is C15H19ClN2O. The minimum Gasteiger partial charge on any atom is -0.361 e. The zero-order valence-electron chi connectivity index (χ0n) is 11.8. The Balaban J connectivity index is 2.14. The summed E-state index contributed by atoms with van der Waals surface area (Å²) in [6.45, 7) is 6.91. The van der Waals surface area contributed by atoms with Crippen molar-refractivity contribution in [3.63, 3.8) is 0 Å². The number of nitrogens with zero attached hydrogens (tertiary/aromatic N) is 2. The van der Waals surface area contributed by atoms with E-state index in [9.17, 15) is 0 Å². The molecule has 1 unspecified atom stereocenters. The molecule has 1 atom stereocenters. The monoisotopic (exact) mass is 278 g/mol. The Bertz CT molecular complexity index is 546. The van der Waals surface area contributed by atoms with Crippen molar-refractivity contribution in [2.75, 3.05) is 7.05 Å². The molecule has 0 amide bonds. The Morgan fingerprint density at radius 2 is 2.11 bits per heavy atom. The van der Waals surface area contributed by atoms with Gasteiger partial charge >= 0.3 is 0 Å². The largest absolute Gasteiger partial charge is 0.361 e. The molecule has 0 aliphatic heterocycles. The number of rotatable bonds is 4. The van der Waals surface area contributed by atoms with Crippen LogP contribution in [0.25, 0.3) is 0 Å². The normalized spacial score (nSPS) is 12.9. The van der Waals surface area contributed by atoms with Gasteiger partial charge in [-0.25, -0.2) is 0 Å². The fraction of sp³-hybridized carbons (Fsp3) is 0.400. The molecule has 0 aliphatic rings. The van der Waals surface area contributed by atoms with E-state index in [2.05, 4.69) is 30.1 Å². The van der Waals surface area contributed by atoms with Crippen LogP contribution in [-0.2, 0) is 6.54 Å². The van der Waals surface area contributed by atoms with Crippen molar-refractivity contribution < 1.29 is 4.52 Å². The van der Waals surface area contributed by atoms with Crippen molar-refractivity contribution in [1.82, 2.24) is 10.1 Å². The first-order valence-electron chi connectivity index (χ1n) is 6.36. The minimum absolute atomic E-state index is 0.285. The van der Waals surface area contributed by atoms with Gasteiger partial charge in [0.15, 0.2) is 0 Å². The smallest absolute Gasteiger partial charge is 0.138 e. The van der Waals surface area contributed by atoms with E-state index in [1.54, 1.807) is 0 Å². The highest BCUT2D eigenvalue weighted by Crippen LogP contribution is 2.24. The van der Waals surface area contributed by atoms with Crippen LogP contribution < -0.4 is 0 Å².